The zero-order valence-electron chi connectivity index (χ0n) is 5.23. The molecule has 1 heterocycles. The van der Waals surface area contributed by atoms with Crippen molar-refractivity contribution in [3.8, 4) is 0 Å². The third kappa shape index (κ3) is 1.71. The molecular weight excluding hydrogens is 163 g/mol. The summed E-state index contributed by atoms with van der Waals surface area (Å²) in [4.78, 5) is 0. The first-order valence-corrected chi connectivity index (χ1v) is 3.52. The molecule has 0 aromatic rings. The van der Waals surface area contributed by atoms with Gasteiger partial charge in [0.15, 0.2) is 16.9 Å². The fourth-order valence-electron chi connectivity index (χ4n) is 0.677. The molecule has 0 saturated carbocycles. The van der Waals surface area contributed by atoms with Crippen LogP contribution in [0.3, 0.4) is 0 Å². The van der Waals surface area contributed by atoms with E-state index in [1.54, 1.807) is 13.8 Å². The molecule has 0 radical (unpaired) electrons. The van der Waals surface area contributed by atoms with Crippen LogP contribution in [0.15, 0.2) is 0 Å². The molecule has 4 heteroatoms. The van der Waals surface area contributed by atoms with E-state index in [0.717, 1.165) is 0 Å². The lowest BCUT2D eigenvalue weighted by Gasteiger charge is -2.14. The number of halogens is 2. The van der Waals surface area contributed by atoms with Gasteiger partial charge < -0.3 is 9.47 Å². The molecule has 1 aliphatic rings. The molecule has 2 atom stereocenters. The van der Waals surface area contributed by atoms with Crippen molar-refractivity contribution in [1.82, 2.24) is 0 Å². The predicted molar refractivity (Wildman–Crippen MR) is 35.5 cm³/mol. The summed E-state index contributed by atoms with van der Waals surface area (Å²) in [6.45, 7) is 3.54. The summed E-state index contributed by atoms with van der Waals surface area (Å²) in [7, 11) is 0. The van der Waals surface area contributed by atoms with Gasteiger partial charge in [-0.25, -0.2) is 0 Å². The Morgan fingerprint density at radius 3 is 1.56 bits per heavy atom. The zero-order valence-corrected chi connectivity index (χ0v) is 6.74. The Morgan fingerprint density at radius 1 is 1.11 bits per heavy atom. The largest absolute Gasteiger partial charge is 0.327 e. The molecule has 0 spiro atoms. The maximum Gasteiger partial charge on any atom is 0.174 e. The summed E-state index contributed by atoms with van der Waals surface area (Å²) in [6.07, 6.45) is 0. The van der Waals surface area contributed by atoms with E-state index in [-0.39, 0.29) is 0 Å². The number of hydrogen-bond acceptors (Lipinski definition) is 2. The molecule has 2 nitrogen and oxygen atoms in total. The number of rotatable bonds is 0. The minimum atomic E-state index is -0.626. The zero-order chi connectivity index (χ0) is 7.07. The highest BCUT2D eigenvalue weighted by molar-refractivity contribution is 6.28. The Bertz CT molecular complexity index is 104. The van der Waals surface area contributed by atoms with Crippen LogP contribution in [-0.2, 0) is 9.47 Å². The van der Waals surface area contributed by atoms with E-state index < -0.39 is 16.9 Å². The lowest BCUT2D eigenvalue weighted by Crippen LogP contribution is -2.20. The fourth-order valence-corrected chi connectivity index (χ4v) is 1.21. The van der Waals surface area contributed by atoms with E-state index in [4.69, 9.17) is 32.7 Å². The maximum absolute atomic E-state index is 5.57. The monoisotopic (exact) mass is 170 g/mol. The lowest BCUT2D eigenvalue weighted by atomic mass is 10.4. The first-order chi connectivity index (χ1) is 4.01. The highest BCUT2D eigenvalue weighted by atomic mass is 35.5. The van der Waals surface area contributed by atoms with Crippen LogP contribution in [0.4, 0.5) is 0 Å². The molecule has 54 valence electrons. The van der Waals surface area contributed by atoms with Gasteiger partial charge in [-0.3, -0.25) is 0 Å². The highest BCUT2D eigenvalue weighted by Crippen LogP contribution is 2.31. The van der Waals surface area contributed by atoms with Crippen LogP contribution < -0.4 is 0 Å². The Kier molecular flexibility index (Phi) is 1.92. The van der Waals surface area contributed by atoms with Crippen molar-refractivity contribution in [3.05, 3.63) is 0 Å². The lowest BCUT2D eigenvalue weighted by molar-refractivity contribution is -0.133. The van der Waals surface area contributed by atoms with Gasteiger partial charge in [-0.15, -0.1) is 0 Å². The van der Waals surface area contributed by atoms with Crippen molar-refractivity contribution in [1.29, 1.82) is 0 Å². The molecule has 0 amide bonds. The van der Waals surface area contributed by atoms with Gasteiger partial charge in [0.2, 0.25) is 0 Å². The van der Waals surface area contributed by atoms with Crippen LogP contribution in [-0.4, -0.2) is 16.9 Å². The molecule has 0 aromatic heterocycles. The maximum atomic E-state index is 5.57. The topological polar surface area (TPSA) is 18.5 Å². The second kappa shape index (κ2) is 2.27. The minimum absolute atomic E-state index is 0.526. The Balaban J connectivity index is 2.54. The Morgan fingerprint density at radius 2 is 1.44 bits per heavy atom. The third-order valence-corrected chi connectivity index (χ3v) is 1.76. The average Bonchev–Trinajstić information content (AvgIpc) is 1.79. The van der Waals surface area contributed by atoms with Gasteiger partial charge >= 0.3 is 0 Å². The molecule has 2 unspecified atom stereocenters. The molecule has 0 aromatic carbocycles. The van der Waals surface area contributed by atoms with Crippen LogP contribution in [0, 0.1) is 0 Å². The number of ether oxygens (including phenoxy) is 2. The predicted octanol–water partition coefficient (Wildman–Crippen LogP) is 1.90. The average molecular weight is 171 g/mol. The second-order valence-corrected chi connectivity index (χ2v) is 3.20. The van der Waals surface area contributed by atoms with Gasteiger partial charge in [0, 0.05) is 0 Å². The van der Waals surface area contributed by atoms with E-state index in [1.165, 1.54) is 0 Å². The van der Waals surface area contributed by atoms with Crippen LogP contribution in [0.1, 0.15) is 13.8 Å². The number of hydrogen-bond donors (Lipinski definition) is 0. The van der Waals surface area contributed by atoms with E-state index in [1.807, 2.05) is 0 Å². The van der Waals surface area contributed by atoms with Gasteiger partial charge in [-0.05, 0) is 13.8 Å². The smallest absolute Gasteiger partial charge is 0.174 e. The highest BCUT2D eigenvalue weighted by Gasteiger charge is 2.38. The van der Waals surface area contributed by atoms with E-state index in [2.05, 4.69) is 0 Å². The quantitative estimate of drug-likeness (QED) is 0.518. The van der Waals surface area contributed by atoms with Gasteiger partial charge in [0.25, 0.3) is 0 Å². The second-order valence-electron chi connectivity index (χ2n) is 2.34. The van der Waals surface area contributed by atoms with Crippen molar-refractivity contribution in [2.45, 2.75) is 30.8 Å². The summed E-state index contributed by atoms with van der Waals surface area (Å²) in [5.74, 6) is -0.626. The van der Waals surface area contributed by atoms with Crippen LogP contribution in [0.25, 0.3) is 0 Å². The van der Waals surface area contributed by atoms with Gasteiger partial charge in [-0.2, -0.15) is 0 Å². The molecule has 0 bridgehead atoms. The molecule has 1 rings (SSSR count). The van der Waals surface area contributed by atoms with Gasteiger partial charge in [0.1, 0.15) is 0 Å². The SMILES string of the molecule is CC1(C)OC(Cl)C(Cl)O1. The third-order valence-electron chi connectivity index (χ3n) is 0.999. The first-order valence-electron chi connectivity index (χ1n) is 2.65. The van der Waals surface area contributed by atoms with Crippen molar-refractivity contribution >= 4 is 23.2 Å². The molecule has 9 heavy (non-hydrogen) atoms. The first kappa shape index (κ1) is 7.61. The van der Waals surface area contributed by atoms with Crippen LogP contribution in [0.2, 0.25) is 0 Å². The van der Waals surface area contributed by atoms with Crippen molar-refractivity contribution in [2.24, 2.45) is 0 Å². The van der Waals surface area contributed by atoms with Crippen molar-refractivity contribution in [2.75, 3.05) is 0 Å². The van der Waals surface area contributed by atoms with Crippen molar-refractivity contribution in [3.63, 3.8) is 0 Å². The molecule has 1 fully saturated rings. The fraction of sp³-hybridized carbons (Fsp3) is 1.00. The summed E-state index contributed by atoms with van der Waals surface area (Å²) >= 11 is 11.1. The minimum Gasteiger partial charge on any atom is -0.327 e. The summed E-state index contributed by atoms with van der Waals surface area (Å²) < 4.78 is 10.1. The Labute approximate surface area is 64.0 Å². The number of alkyl halides is 2. The Hall–Kier alpha value is 0.500. The molecular formula is C5H8Cl2O2. The standard InChI is InChI=1S/C5H8Cl2O2/c1-5(2)8-3(6)4(7)9-5/h3-4H,1-2H3. The summed E-state index contributed by atoms with van der Waals surface area (Å²) in [5, 5.41) is 0. The van der Waals surface area contributed by atoms with Gasteiger partial charge in [-0.1, -0.05) is 23.2 Å². The summed E-state index contributed by atoms with van der Waals surface area (Å²) in [6, 6.07) is 0. The molecule has 0 aliphatic carbocycles. The van der Waals surface area contributed by atoms with E-state index >= 15 is 0 Å². The molecule has 1 saturated heterocycles. The van der Waals surface area contributed by atoms with E-state index in [0.29, 0.717) is 0 Å². The van der Waals surface area contributed by atoms with Gasteiger partial charge in [0.05, 0.1) is 0 Å². The molecule has 1 aliphatic heterocycles. The molecule has 0 N–H and O–H groups in total. The van der Waals surface area contributed by atoms with Crippen LogP contribution in [0.5, 0.6) is 0 Å². The van der Waals surface area contributed by atoms with Crippen molar-refractivity contribution < 1.29 is 9.47 Å². The normalized spacial score (nSPS) is 41.3. The van der Waals surface area contributed by atoms with Crippen LogP contribution >= 0.6 is 23.2 Å². The van der Waals surface area contributed by atoms with E-state index in [9.17, 15) is 0 Å². The summed E-state index contributed by atoms with van der Waals surface area (Å²) in [5.41, 5.74) is -1.05.